The van der Waals surface area contributed by atoms with Crippen molar-refractivity contribution >= 4 is 0 Å². The highest BCUT2D eigenvalue weighted by atomic mass is 15.5. The van der Waals surface area contributed by atoms with Crippen LogP contribution in [0, 0.1) is 52.3 Å². The fraction of sp³-hybridized carbons (Fsp3) is 0.964. The average molecular weight is 441 g/mol. The third kappa shape index (κ3) is 3.66. The van der Waals surface area contributed by atoms with Crippen LogP contribution in [0.4, 0.5) is 0 Å². The van der Waals surface area contributed by atoms with E-state index in [0.717, 1.165) is 41.4 Å². The molecule has 0 saturated heterocycles. The van der Waals surface area contributed by atoms with Crippen LogP contribution in [0.3, 0.4) is 0 Å². The Hall–Kier alpha value is -0.930. The minimum Gasteiger partial charge on any atom is -0.229 e. The molecular weight excluding hydrogens is 392 g/mol. The molecule has 4 heteroatoms. The van der Waals surface area contributed by atoms with E-state index in [4.69, 9.17) is 0 Å². The minimum absolute atomic E-state index is 0.486. The summed E-state index contributed by atoms with van der Waals surface area (Å²) in [5.74, 6) is 6.14. The molecule has 3 unspecified atom stereocenters. The molecule has 0 radical (unpaired) electrons. The second-order valence-corrected chi connectivity index (χ2v) is 13.4. The van der Waals surface area contributed by atoms with Gasteiger partial charge in [0.1, 0.15) is 6.33 Å². The number of aromatic nitrogens is 4. The van der Waals surface area contributed by atoms with Crippen molar-refractivity contribution in [2.45, 2.75) is 118 Å². The highest BCUT2D eigenvalue weighted by Crippen LogP contribution is 2.69. The maximum Gasteiger partial charge on any atom is 0.138 e. The fourth-order valence-corrected chi connectivity index (χ4v) is 9.99. The van der Waals surface area contributed by atoms with Gasteiger partial charge in [0.05, 0.1) is 6.04 Å². The van der Waals surface area contributed by atoms with E-state index >= 15 is 0 Å². The number of hydrogen-bond acceptors (Lipinski definition) is 3. The van der Waals surface area contributed by atoms with E-state index in [1.807, 2.05) is 6.33 Å². The van der Waals surface area contributed by atoms with E-state index in [9.17, 15) is 0 Å². The van der Waals surface area contributed by atoms with E-state index < -0.39 is 0 Å². The molecule has 4 aliphatic carbocycles. The summed E-state index contributed by atoms with van der Waals surface area (Å²) in [5, 5.41) is 12.5. The van der Waals surface area contributed by atoms with Crippen molar-refractivity contribution in [1.82, 2.24) is 20.2 Å². The lowest BCUT2D eigenvalue weighted by Gasteiger charge is -2.62. The van der Waals surface area contributed by atoms with Gasteiger partial charge >= 0.3 is 0 Å². The third-order valence-corrected chi connectivity index (χ3v) is 11.5. The van der Waals surface area contributed by atoms with Crippen LogP contribution in [0.15, 0.2) is 6.33 Å². The zero-order chi connectivity index (χ0) is 22.5. The van der Waals surface area contributed by atoms with Gasteiger partial charge in [-0.1, -0.05) is 66.7 Å². The normalized spacial score (nSPS) is 44.7. The Morgan fingerprint density at radius 2 is 1.72 bits per heavy atom. The molecule has 0 aromatic carbocycles. The SMILES string of the molecule is CC(C)CCC[C@@H](C)[C@H]1CCC2C3C[C@H](n4cnnn4)[C@H]4CCCC[C@]4(C)C3CC[C@@]21C. The van der Waals surface area contributed by atoms with Gasteiger partial charge in [-0.25, -0.2) is 4.68 Å². The molecule has 0 amide bonds. The van der Waals surface area contributed by atoms with Crippen LogP contribution < -0.4 is 0 Å². The fourth-order valence-electron chi connectivity index (χ4n) is 9.99. The van der Waals surface area contributed by atoms with Crippen molar-refractivity contribution in [3.05, 3.63) is 6.33 Å². The standard InChI is InChI=1S/C28H48N4/c1-19(2)9-8-10-20(3)22-12-13-23-21-17-26(32-18-29-30-31-32)25-11-6-7-15-27(25,4)24(21)14-16-28(22,23)5/h18-26H,6-17H2,1-5H3/t20-,21?,22-,23?,24?,25-,26+,27-,28-/m1/s1. The van der Waals surface area contributed by atoms with Crippen molar-refractivity contribution in [1.29, 1.82) is 0 Å². The highest BCUT2D eigenvalue weighted by molar-refractivity contribution is 5.11. The van der Waals surface area contributed by atoms with Crippen molar-refractivity contribution in [2.24, 2.45) is 52.3 Å². The second-order valence-electron chi connectivity index (χ2n) is 13.4. The Bertz CT molecular complexity index is 759. The molecule has 0 spiro atoms. The molecule has 0 N–H and O–H groups in total. The van der Waals surface area contributed by atoms with Gasteiger partial charge in [-0.3, -0.25) is 0 Å². The van der Waals surface area contributed by atoms with Gasteiger partial charge in [0.2, 0.25) is 0 Å². The molecule has 0 bridgehead atoms. The van der Waals surface area contributed by atoms with Crippen molar-refractivity contribution < 1.29 is 0 Å². The number of fused-ring (bicyclic) bond motifs is 5. The lowest BCUT2D eigenvalue weighted by atomic mass is 9.43. The Morgan fingerprint density at radius 3 is 2.47 bits per heavy atom. The molecule has 1 aromatic rings. The highest BCUT2D eigenvalue weighted by Gasteiger charge is 2.62. The summed E-state index contributed by atoms with van der Waals surface area (Å²) < 4.78 is 2.16. The third-order valence-electron chi connectivity index (χ3n) is 11.5. The van der Waals surface area contributed by atoms with E-state index in [2.05, 4.69) is 54.8 Å². The van der Waals surface area contributed by atoms with Crippen LogP contribution in [0.1, 0.15) is 118 Å². The molecule has 0 aliphatic heterocycles. The van der Waals surface area contributed by atoms with Gasteiger partial charge < -0.3 is 0 Å². The lowest BCUT2D eigenvalue weighted by Crippen LogP contribution is -2.56. The molecule has 180 valence electrons. The molecule has 32 heavy (non-hydrogen) atoms. The Labute approximate surface area is 196 Å². The molecule has 4 fully saturated rings. The van der Waals surface area contributed by atoms with Crippen LogP contribution in [0.2, 0.25) is 0 Å². The summed E-state index contributed by atoms with van der Waals surface area (Å²) in [4.78, 5) is 0. The van der Waals surface area contributed by atoms with Gasteiger partial charge in [-0.15, -0.1) is 5.10 Å². The van der Waals surface area contributed by atoms with Crippen LogP contribution in [-0.4, -0.2) is 20.2 Å². The quantitative estimate of drug-likeness (QED) is 0.465. The van der Waals surface area contributed by atoms with Crippen molar-refractivity contribution in [2.75, 3.05) is 0 Å². The van der Waals surface area contributed by atoms with Gasteiger partial charge in [0.25, 0.3) is 0 Å². The van der Waals surface area contributed by atoms with Gasteiger partial charge in [0, 0.05) is 0 Å². The molecular formula is C28H48N4. The largest absolute Gasteiger partial charge is 0.229 e. The lowest BCUT2D eigenvalue weighted by molar-refractivity contribution is -0.135. The van der Waals surface area contributed by atoms with E-state index in [1.165, 1.54) is 77.0 Å². The maximum atomic E-state index is 4.45. The second kappa shape index (κ2) is 8.69. The first-order valence-electron chi connectivity index (χ1n) is 14.1. The summed E-state index contributed by atoms with van der Waals surface area (Å²) >= 11 is 0. The summed E-state index contributed by atoms with van der Waals surface area (Å²) in [6.45, 7) is 12.7. The predicted molar refractivity (Wildman–Crippen MR) is 130 cm³/mol. The molecule has 5 rings (SSSR count). The van der Waals surface area contributed by atoms with Gasteiger partial charge in [-0.05, 0) is 108 Å². The molecule has 4 nitrogen and oxygen atoms in total. The molecule has 1 heterocycles. The van der Waals surface area contributed by atoms with Crippen molar-refractivity contribution in [3.8, 4) is 0 Å². The molecule has 1 aromatic heterocycles. The summed E-state index contributed by atoms with van der Waals surface area (Å²) in [6, 6.07) is 0.515. The first-order chi connectivity index (χ1) is 15.3. The molecule has 9 atom stereocenters. The van der Waals surface area contributed by atoms with Crippen molar-refractivity contribution in [3.63, 3.8) is 0 Å². The molecule has 4 saturated carbocycles. The average Bonchev–Trinajstić information content (AvgIpc) is 3.40. The van der Waals surface area contributed by atoms with E-state index in [1.54, 1.807) is 0 Å². The summed E-state index contributed by atoms with van der Waals surface area (Å²) in [7, 11) is 0. The van der Waals surface area contributed by atoms with Crippen LogP contribution in [-0.2, 0) is 0 Å². The Morgan fingerprint density at radius 1 is 0.906 bits per heavy atom. The van der Waals surface area contributed by atoms with Crippen LogP contribution >= 0.6 is 0 Å². The summed E-state index contributed by atoms with van der Waals surface area (Å²) in [6.07, 6.45) is 19.0. The molecule has 4 aliphatic rings. The smallest absolute Gasteiger partial charge is 0.138 e. The van der Waals surface area contributed by atoms with Gasteiger partial charge in [-0.2, -0.15) is 0 Å². The zero-order valence-corrected chi connectivity index (χ0v) is 21.5. The van der Waals surface area contributed by atoms with E-state index in [-0.39, 0.29) is 0 Å². The number of rotatable bonds is 6. The first kappa shape index (κ1) is 22.8. The first-order valence-corrected chi connectivity index (χ1v) is 14.1. The summed E-state index contributed by atoms with van der Waals surface area (Å²) in [5.41, 5.74) is 1.04. The van der Waals surface area contributed by atoms with Crippen LogP contribution in [0.25, 0.3) is 0 Å². The number of hydrogen-bond donors (Lipinski definition) is 0. The number of tetrazole rings is 1. The zero-order valence-electron chi connectivity index (χ0n) is 21.5. The predicted octanol–water partition coefficient (Wildman–Crippen LogP) is 7.34. The Kier molecular flexibility index (Phi) is 6.20. The maximum absolute atomic E-state index is 4.45. The van der Waals surface area contributed by atoms with Crippen LogP contribution in [0.5, 0.6) is 0 Å². The van der Waals surface area contributed by atoms with E-state index in [0.29, 0.717) is 16.9 Å². The minimum atomic E-state index is 0.486. The monoisotopic (exact) mass is 440 g/mol. The number of nitrogens with zero attached hydrogens (tertiary/aromatic N) is 4. The Balaban J connectivity index is 1.39. The topological polar surface area (TPSA) is 43.6 Å². The van der Waals surface area contributed by atoms with Gasteiger partial charge in [0.15, 0.2) is 0 Å².